The van der Waals surface area contributed by atoms with Gasteiger partial charge in [-0.3, -0.25) is 9.78 Å². The summed E-state index contributed by atoms with van der Waals surface area (Å²) in [4.78, 5) is 23.5. The number of pyridine rings is 2. The molecule has 2 aromatic heterocycles. The highest BCUT2D eigenvalue weighted by Crippen LogP contribution is 2.14. The van der Waals surface area contributed by atoms with Crippen LogP contribution < -0.4 is 5.32 Å². The molecule has 0 aliphatic carbocycles. The van der Waals surface area contributed by atoms with Crippen LogP contribution in [-0.2, 0) is 0 Å². The summed E-state index contributed by atoms with van der Waals surface area (Å²) < 4.78 is 0.782. The highest BCUT2D eigenvalue weighted by molar-refractivity contribution is 9.10. The number of carbonyl (C=O) groups excluding carboxylic acids is 1. The molecule has 0 amide bonds. The van der Waals surface area contributed by atoms with Gasteiger partial charge in [0.1, 0.15) is 11.5 Å². The number of nitrogens with zero attached hydrogens (tertiary/aromatic N) is 3. The Labute approximate surface area is 150 Å². The van der Waals surface area contributed by atoms with Crippen LogP contribution in [0.2, 0.25) is 0 Å². The van der Waals surface area contributed by atoms with Crippen LogP contribution in [0.5, 0.6) is 0 Å². The normalized spacial score (nSPS) is 14.7. The van der Waals surface area contributed by atoms with Gasteiger partial charge in [-0.15, -0.1) is 0 Å². The van der Waals surface area contributed by atoms with Gasteiger partial charge in [-0.1, -0.05) is 6.07 Å². The highest BCUT2D eigenvalue weighted by atomic mass is 79.9. The topological polar surface area (TPSA) is 58.1 Å². The molecule has 1 N–H and O–H groups in total. The van der Waals surface area contributed by atoms with Crippen LogP contribution in [0.1, 0.15) is 35.3 Å². The lowest BCUT2D eigenvalue weighted by Crippen LogP contribution is -2.22. The van der Waals surface area contributed by atoms with Gasteiger partial charge in [-0.05, 0) is 73.0 Å². The first-order valence-corrected chi connectivity index (χ1v) is 9.10. The second-order valence-electron chi connectivity index (χ2n) is 5.96. The standard InChI is InChI=1S/C18H21BrN4O/c19-15-11-14(12-20-13-15)18(24)16-5-3-6-17(22-16)21-7-4-10-23-8-1-2-9-23/h3,5-6,11-13H,1-2,4,7-10H2,(H,21,22). The summed E-state index contributed by atoms with van der Waals surface area (Å²) in [6.07, 6.45) is 6.94. The fourth-order valence-corrected chi connectivity index (χ4v) is 3.23. The predicted molar refractivity (Wildman–Crippen MR) is 98.4 cm³/mol. The molecule has 1 aliphatic rings. The molecule has 6 heteroatoms. The first-order valence-electron chi connectivity index (χ1n) is 8.31. The summed E-state index contributed by atoms with van der Waals surface area (Å²) in [6, 6.07) is 7.24. The molecule has 5 nitrogen and oxygen atoms in total. The minimum absolute atomic E-state index is 0.121. The van der Waals surface area contributed by atoms with E-state index in [1.54, 1.807) is 24.5 Å². The third kappa shape index (κ3) is 4.61. The Hall–Kier alpha value is -1.79. The Morgan fingerprint density at radius 3 is 2.88 bits per heavy atom. The zero-order valence-electron chi connectivity index (χ0n) is 13.5. The second kappa shape index (κ2) is 8.35. The van der Waals surface area contributed by atoms with Crippen molar-refractivity contribution in [1.82, 2.24) is 14.9 Å². The van der Waals surface area contributed by atoms with Crippen molar-refractivity contribution < 1.29 is 4.79 Å². The Morgan fingerprint density at radius 1 is 1.25 bits per heavy atom. The van der Waals surface area contributed by atoms with E-state index in [2.05, 4.69) is 36.1 Å². The average Bonchev–Trinajstić information content (AvgIpc) is 3.12. The monoisotopic (exact) mass is 388 g/mol. The quantitative estimate of drug-likeness (QED) is 0.581. The Morgan fingerprint density at radius 2 is 2.08 bits per heavy atom. The lowest BCUT2D eigenvalue weighted by Gasteiger charge is -2.14. The number of hydrogen-bond acceptors (Lipinski definition) is 5. The molecule has 3 heterocycles. The van der Waals surface area contributed by atoms with Crippen molar-refractivity contribution in [2.45, 2.75) is 19.3 Å². The van der Waals surface area contributed by atoms with Crippen LogP contribution in [0.3, 0.4) is 0 Å². The number of likely N-dealkylation sites (tertiary alicyclic amines) is 1. The van der Waals surface area contributed by atoms with E-state index in [4.69, 9.17) is 0 Å². The van der Waals surface area contributed by atoms with E-state index in [-0.39, 0.29) is 5.78 Å². The van der Waals surface area contributed by atoms with Gasteiger partial charge in [0.15, 0.2) is 0 Å². The Bertz CT molecular complexity index is 701. The minimum Gasteiger partial charge on any atom is -0.370 e. The SMILES string of the molecule is O=C(c1cncc(Br)c1)c1cccc(NCCCN2CCCC2)n1. The summed E-state index contributed by atoms with van der Waals surface area (Å²) in [5.74, 6) is 0.620. The van der Waals surface area contributed by atoms with Crippen LogP contribution in [0, 0.1) is 0 Å². The van der Waals surface area contributed by atoms with E-state index < -0.39 is 0 Å². The first-order chi connectivity index (χ1) is 11.7. The fraction of sp³-hybridized carbons (Fsp3) is 0.389. The van der Waals surface area contributed by atoms with Crippen molar-refractivity contribution in [2.24, 2.45) is 0 Å². The molecule has 2 aromatic rings. The van der Waals surface area contributed by atoms with Crippen molar-refractivity contribution in [1.29, 1.82) is 0 Å². The van der Waals surface area contributed by atoms with Gasteiger partial charge in [-0.25, -0.2) is 4.98 Å². The third-order valence-corrected chi connectivity index (χ3v) is 4.54. The van der Waals surface area contributed by atoms with Crippen LogP contribution in [0.15, 0.2) is 41.1 Å². The van der Waals surface area contributed by atoms with Gasteiger partial charge in [-0.2, -0.15) is 0 Å². The summed E-state index contributed by atoms with van der Waals surface area (Å²) in [5.41, 5.74) is 0.961. The maximum atomic E-state index is 12.5. The van der Waals surface area contributed by atoms with E-state index in [1.165, 1.54) is 25.9 Å². The van der Waals surface area contributed by atoms with Crippen molar-refractivity contribution >= 4 is 27.5 Å². The number of hydrogen-bond donors (Lipinski definition) is 1. The van der Waals surface area contributed by atoms with Crippen molar-refractivity contribution in [3.8, 4) is 0 Å². The van der Waals surface area contributed by atoms with Crippen molar-refractivity contribution in [3.63, 3.8) is 0 Å². The van der Waals surface area contributed by atoms with Gasteiger partial charge in [0.25, 0.3) is 0 Å². The summed E-state index contributed by atoms with van der Waals surface area (Å²) in [6.45, 7) is 4.43. The van der Waals surface area contributed by atoms with Gasteiger partial charge < -0.3 is 10.2 Å². The molecule has 1 saturated heterocycles. The molecule has 0 radical (unpaired) electrons. The Kier molecular flexibility index (Phi) is 5.93. The fourth-order valence-electron chi connectivity index (χ4n) is 2.87. The number of carbonyl (C=O) groups is 1. The van der Waals surface area contributed by atoms with E-state index in [0.717, 1.165) is 29.8 Å². The molecule has 3 rings (SSSR count). The average molecular weight is 389 g/mol. The van der Waals surface area contributed by atoms with E-state index >= 15 is 0 Å². The van der Waals surface area contributed by atoms with Crippen LogP contribution >= 0.6 is 15.9 Å². The number of rotatable bonds is 7. The number of nitrogens with one attached hydrogen (secondary N) is 1. The molecule has 0 bridgehead atoms. The predicted octanol–water partition coefficient (Wildman–Crippen LogP) is 3.37. The molecule has 0 aromatic carbocycles. The molecule has 0 spiro atoms. The van der Waals surface area contributed by atoms with Crippen LogP contribution in [-0.4, -0.2) is 46.8 Å². The molecule has 1 aliphatic heterocycles. The summed E-state index contributed by atoms with van der Waals surface area (Å²) in [5, 5.41) is 3.31. The lowest BCUT2D eigenvalue weighted by molar-refractivity contribution is 0.103. The summed E-state index contributed by atoms with van der Waals surface area (Å²) >= 11 is 3.34. The van der Waals surface area contributed by atoms with Crippen molar-refractivity contribution in [3.05, 3.63) is 52.4 Å². The number of halogens is 1. The Balaban J connectivity index is 1.56. The lowest BCUT2D eigenvalue weighted by atomic mass is 10.1. The van der Waals surface area contributed by atoms with Gasteiger partial charge >= 0.3 is 0 Å². The van der Waals surface area contributed by atoms with E-state index in [0.29, 0.717) is 11.3 Å². The molecule has 0 atom stereocenters. The molecule has 0 unspecified atom stereocenters. The maximum absolute atomic E-state index is 12.5. The van der Waals surface area contributed by atoms with Gasteiger partial charge in [0.2, 0.25) is 5.78 Å². The first kappa shape index (κ1) is 17.0. The number of ketones is 1. The zero-order valence-corrected chi connectivity index (χ0v) is 15.1. The molecule has 1 fully saturated rings. The smallest absolute Gasteiger partial charge is 0.213 e. The largest absolute Gasteiger partial charge is 0.370 e. The number of aromatic nitrogens is 2. The maximum Gasteiger partial charge on any atom is 0.213 e. The summed E-state index contributed by atoms with van der Waals surface area (Å²) in [7, 11) is 0. The molecule has 24 heavy (non-hydrogen) atoms. The van der Waals surface area contributed by atoms with Crippen LogP contribution in [0.4, 0.5) is 5.82 Å². The molecule has 126 valence electrons. The third-order valence-electron chi connectivity index (χ3n) is 4.10. The minimum atomic E-state index is -0.121. The molecular formula is C18H21BrN4O. The van der Waals surface area contributed by atoms with Gasteiger partial charge in [0, 0.05) is 29.0 Å². The molecular weight excluding hydrogens is 368 g/mol. The zero-order chi connectivity index (χ0) is 16.8. The molecule has 0 saturated carbocycles. The van der Waals surface area contributed by atoms with E-state index in [9.17, 15) is 4.79 Å². The van der Waals surface area contributed by atoms with E-state index in [1.807, 2.05) is 12.1 Å². The van der Waals surface area contributed by atoms with Crippen LogP contribution in [0.25, 0.3) is 0 Å². The number of anilines is 1. The van der Waals surface area contributed by atoms with Gasteiger partial charge in [0.05, 0.1) is 0 Å². The van der Waals surface area contributed by atoms with Crippen molar-refractivity contribution in [2.75, 3.05) is 31.5 Å². The second-order valence-corrected chi connectivity index (χ2v) is 6.87. The highest BCUT2D eigenvalue weighted by Gasteiger charge is 2.12.